The molecular formula is C18H14BrN3O2S. The average Bonchev–Trinajstić information content (AvgIpc) is 3.23. The van der Waals surface area contributed by atoms with E-state index in [1.165, 1.54) is 11.3 Å². The number of rotatable bonds is 3. The van der Waals surface area contributed by atoms with E-state index in [1.54, 1.807) is 10.7 Å². The lowest BCUT2D eigenvalue weighted by molar-refractivity contribution is -0.116. The number of benzene rings is 1. The number of fused-ring (bicyclic) bond motifs is 1. The maximum atomic E-state index is 12.9. The molecule has 0 radical (unpaired) electrons. The van der Waals surface area contributed by atoms with Gasteiger partial charge >= 0.3 is 0 Å². The molecule has 3 aromatic rings. The van der Waals surface area contributed by atoms with Crippen molar-refractivity contribution in [2.45, 2.75) is 19.3 Å². The summed E-state index contributed by atoms with van der Waals surface area (Å²) in [6.07, 6.45) is 0.149. The van der Waals surface area contributed by atoms with Crippen molar-refractivity contribution in [1.82, 2.24) is 9.78 Å². The molecule has 3 heterocycles. The summed E-state index contributed by atoms with van der Waals surface area (Å²) in [5, 5.41) is 9.34. The molecule has 7 heteroatoms. The number of hydrogen-bond donors (Lipinski definition) is 1. The van der Waals surface area contributed by atoms with Gasteiger partial charge in [-0.15, -0.1) is 11.3 Å². The molecule has 0 bridgehead atoms. The maximum absolute atomic E-state index is 12.9. The molecule has 126 valence electrons. The summed E-state index contributed by atoms with van der Waals surface area (Å²) < 4.78 is 2.66. The van der Waals surface area contributed by atoms with Crippen molar-refractivity contribution in [3.63, 3.8) is 0 Å². The highest BCUT2D eigenvalue weighted by molar-refractivity contribution is 9.10. The standard InChI is InChI=1S/C18H14BrN3O2S/c1-10-16-13(17(24)14-3-2-8-25-14)9-15(23)20-18(16)22(21-10)12-6-4-11(19)5-7-12/h2-8,13H,9H2,1H3,(H,20,23). The topological polar surface area (TPSA) is 64.0 Å². The second-order valence-electron chi connectivity index (χ2n) is 5.88. The minimum absolute atomic E-state index is 0.0236. The van der Waals surface area contributed by atoms with E-state index in [4.69, 9.17) is 0 Å². The van der Waals surface area contributed by atoms with E-state index >= 15 is 0 Å². The summed E-state index contributed by atoms with van der Waals surface area (Å²) in [4.78, 5) is 25.8. The first-order valence-electron chi connectivity index (χ1n) is 7.77. The van der Waals surface area contributed by atoms with Gasteiger partial charge in [0, 0.05) is 16.5 Å². The first-order valence-corrected chi connectivity index (χ1v) is 9.45. The number of nitrogens with one attached hydrogen (secondary N) is 1. The number of hydrogen-bond acceptors (Lipinski definition) is 4. The van der Waals surface area contributed by atoms with Gasteiger partial charge in [-0.2, -0.15) is 5.10 Å². The molecule has 1 amide bonds. The largest absolute Gasteiger partial charge is 0.310 e. The zero-order valence-electron chi connectivity index (χ0n) is 13.3. The minimum Gasteiger partial charge on any atom is -0.310 e. The second kappa shape index (κ2) is 6.24. The molecule has 0 saturated heterocycles. The number of halogens is 1. The number of ketones is 1. The van der Waals surface area contributed by atoms with Crippen LogP contribution < -0.4 is 5.32 Å². The van der Waals surface area contributed by atoms with Gasteiger partial charge in [-0.1, -0.05) is 22.0 Å². The molecule has 2 aromatic heterocycles. The Kier molecular flexibility index (Phi) is 4.05. The lowest BCUT2D eigenvalue weighted by Crippen LogP contribution is -2.28. The fraction of sp³-hybridized carbons (Fsp3) is 0.167. The molecule has 1 atom stereocenters. The summed E-state index contributed by atoms with van der Waals surface area (Å²) in [6, 6.07) is 11.3. The Morgan fingerprint density at radius 1 is 1.32 bits per heavy atom. The van der Waals surface area contributed by atoms with Gasteiger partial charge in [-0.3, -0.25) is 9.59 Å². The Labute approximate surface area is 156 Å². The zero-order valence-corrected chi connectivity index (χ0v) is 15.7. The molecule has 1 unspecified atom stereocenters. The van der Waals surface area contributed by atoms with Crippen LogP contribution in [0.25, 0.3) is 5.69 Å². The van der Waals surface area contributed by atoms with E-state index in [-0.39, 0.29) is 18.1 Å². The highest BCUT2D eigenvalue weighted by atomic mass is 79.9. The fourth-order valence-electron chi connectivity index (χ4n) is 3.13. The first-order chi connectivity index (χ1) is 12.0. The van der Waals surface area contributed by atoms with Gasteiger partial charge in [-0.25, -0.2) is 4.68 Å². The van der Waals surface area contributed by atoms with Gasteiger partial charge in [0.2, 0.25) is 5.91 Å². The third kappa shape index (κ3) is 2.83. The lowest BCUT2D eigenvalue weighted by Gasteiger charge is -2.22. The number of nitrogens with zero attached hydrogens (tertiary/aromatic N) is 2. The number of aryl methyl sites for hydroxylation is 1. The molecule has 1 aliphatic heterocycles. The minimum atomic E-state index is -0.494. The number of aromatic nitrogens is 2. The molecule has 0 aliphatic carbocycles. The Morgan fingerprint density at radius 2 is 2.08 bits per heavy atom. The molecule has 1 N–H and O–H groups in total. The molecule has 4 rings (SSSR count). The van der Waals surface area contributed by atoms with E-state index in [1.807, 2.05) is 42.6 Å². The van der Waals surface area contributed by atoms with E-state index in [0.29, 0.717) is 10.7 Å². The summed E-state index contributed by atoms with van der Waals surface area (Å²) in [6.45, 7) is 1.88. The monoisotopic (exact) mass is 415 g/mol. The third-order valence-corrected chi connectivity index (χ3v) is 5.67. The number of amides is 1. The van der Waals surface area contributed by atoms with Crippen molar-refractivity contribution in [3.05, 3.63) is 62.4 Å². The first kappa shape index (κ1) is 16.2. The molecule has 0 fully saturated rings. The SMILES string of the molecule is Cc1nn(-c2ccc(Br)cc2)c2c1C(C(=O)c1cccs1)CC(=O)N2. The molecule has 0 spiro atoms. The third-order valence-electron chi connectivity index (χ3n) is 4.25. The predicted octanol–water partition coefficient (Wildman–Crippen LogP) is 4.31. The summed E-state index contributed by atoms with van der Waals surface area (Å²) in [5.74, 6) is -0.0946. The molecule has 25 heavy (non-hydrogen) atoms. The maximum Gasteiger partial charge on any atom is 0.226 e. The summed E-state index contributed by atoms with van der Waals surface area (Å²) in [7, 11) is 0. The van der Waals surface area contributed by atoms with Crippen LogP contribution in [0.4, 0.5) is 5.82 Å². The van der Waals surface area contributed by atoms with E-state index in [0.717, 1.165) is 21.4 Å². The lowest BCUT2D eigenvalue weighted by atomic mass is 9.87. The van der Waals surface area contributed by atoms with Crippen molar-refractivity contribution in [2.24, 2.45) is 0 Å². The average molecular weight is 416 g/mol. The number of thiophene rings is 1. The Bertz CT molecular complexity index is 961. The number of carbonyl (C=O) groups is 2. The van der Waals surface area contributed by atoms with Crippen molar-refractivity contribution in [2.75, 3.05) is 5.32 Å². The van der Waals surface area contributed by atoms with Crippen LogP contribution in [-0.2, 0) is 4.79 Å². The van der Waals surface area contributed by atoms with Crippen molar-refractivity contribution < 1.29 is 9.59 Å². The normalized spacial score (nSPS) is 16.4. The van der Waals surface area contributed by atoms with Gasteiger partial charge in [-0.05, 0) is 42.6 Å². The Balaban J connectivity index is 1.83. The smallest absolute Gasteiger partial charge is 0.226 e. The van der Waals surface area contributed by atoms with Gasteiger partial charge in [0.15, 0.2) is 5.78 Å². The second-order valence-corrected chi connectivity index (χ2v) is 7.75. The van der Waals surface area contributed by atoms with Crippen LogP contribution in [0.2, 0.25) is 0 Å². The van der Waals surface area contributed by atoms with Gasteiger partial charge < -0.3 is 5.32 Å². The van der Waals surface area contributed by atoms with Crippen LogP contribution in [0, 0.1) is 6.92 Å². The number of carbonyl (C=O) groups excluding carboxylic acids is 2. The van der Waals surface area contributed by atoms with Crippen LogP contribution in [0.1, 0.15) is 33.3 Å². The quantitative estimate of drug-likeness (QED) is 0.647. The number of anilines is 1. The van der Waals surface area contributed by atoms with Crippen LogP contribution in [-0.4, -0.2) is 21.5 Å². The zero-order chi connectivity index (χ0) is 17.6. The van der Waals surface area contributed by atoms with Crippen LogP contribution in [0.15, 0.2) is 46.3 Å². The summed E-state index contributed by atoms with van der Waals surface area (Å²) in [5.41, 5.74) is 2.39. The van der Waals surface area contributed by atoms with E-state index in [9.17, 15) is 9.59 Å². The van der Waals surface area contributed by atoms with Gasteiger partial charge in [0.05, 0.1) is 22.2 Å². The predicted molar refractivity (Wildman–Crippen MR) is 101 cm³/mol. The van der Waals surface area contributed by atoms with Crippen molar-refractivity contribution in [1.29, 1.82) is 0 Å². The van der Waals surface area contributed by atoms with E-state index in [2.05, 4.69) is 26.3 Å². The van der Waals surface area contributed by atoms with Crippen LogP contribution in [0.5, 0.6) is 0 Å². The molecule has 0 saturated carbocycles. The van der Waals surface area contributed by atoms with Crippen molar-refractivity contribution in [3.8, 4) is 5.69 Å². The van der Waals surface area contributed by atoms with E-state index < -0.39 is 5.92 Å². The van der Waals surface area contributed by atoms with Crippen molar-refractivity contribution >= 4 is 44.8 Å². The van der Waals surface area contributed by atoms with Gasteiger partial charge in [0.25, 0.3) is 0 Å². The molecule has 1 aromatic carbocycles. The van der Waals surface area contributed by atoms with Crippen LogP contribution in [0.3, 0.4) is 0 Å². The van der Waals surface area contributed by atoms with Crippen LogP contribution >= 0.6 is 27.3 Å². The number of Topliss-reactive ketones (excluding diaryl/α,β-unsaturated/α-hetero) is 1. The highest BCUT2D eigenvalue weighted by Gasteiger charge is 2.36. The molecule has 1 aliphatic rings. The fourth-order valence-corrected chi connectivity index (χ4v) is 4.11. The van der Waals surface area contributed by atoms with Gasteiger partial charge in [0.1, 0.15) is 5.82 Å². The molecule has 5 nitrogen and oxygen atoms in total. The molecular weight excluding hydrogens is 402 g/mol. The highest BCUT2D eigenvalue weighted by Crippen LogP contribution is 2.38. The Morgan fingerprint density at radius 3 is 2.76 bits per heavy atom. The summed E-state index contributed by atoms with van der Waals surface area (Å²) >= 11 is 4.81. The Hall–Kier alpha value is -2.25.